The van der Waals surface area contributed by atoms with Crippen LogP contribution in [0.15, 0.2) is 24.4 Å². The standard InChI is InChI=1S/C13H18N2/c1-3-10-4-5-13-12(8-10)11(6-7-14)9-15(13)2/h4-5,8-9H,3,6-7,14H2,1-2H3. The van der Waals surface area contributed by atoms with Crippen LogP contribution in [0.25, 0.3) is 10.9 Å². The minimum Gasteiger partial charge on any atom is -0.350 e. The molecular weight excluding hydrogens is 184 g/mol. The van der Waals surface area contributed by atoms with E-state index in [1.807, 2.05) is 0 Å². The van der Waals surface area contributed by atoms with Crippen molar-refractivity contribution < 1.29 is 0 Å². The van der Waals surface area contributed by atoms with Crippen LogP contribution in [0.2, 0.25) is 0 Å². The molecule has 2 heteroatoms. The van der Waals surface area contributed by atoms with Crippen molar-refractivity contribution in [2.75, 3.05) is 6.54 Å². The van der Waals surface area contributed by atoms with Gasteiger partial charge in [-0.1, -0.05) is 13.0 Å². The number of rotatable bonds is 3. The largest absolute Gasteiger partial charge is 0.350 e. The summed E-state index contributed by atoms with van der Waals surface area (Å²) in [7, 11) is 2.09. The molecule has 0 amide bonds. The molecular formula is C13H18N2. The van der Waals surface area contributed by atoms with Crippen molar-refractivity contribution in [2.24, 2.45) is 12.8 Å². The van der Waals surface area contributed by atoms with Gasteiger partial charge in [0.25, 0.3) is 0 Å². The average molecular weight is 202 g/mol. The second-order valence-corrected chi connectivity index (χ2v) is 4.01. The lowest BCUT2D eigenvalue weighted by molar-refractivity contribution is 0.929. The number of hydrogen-bond acceptors (Lipinski definition) is 1. The van der Waals surface area contributed by atoms with Gasteiger partial charge in [-0.15, -0.1) is 0 Å². The van der Waals surface area contributed by atoms with Crippen molar-refractivity contribution in [3.63, 3.8) is 0 Å². The third-order valence-electron chi connectivity index (χ3n) is 2.96. The SMILES string of the molecule is CCc1ccc2c(c1)c(CCN)cn2C. The Morgan fingerprint density at radius 2 is 2.13 bits per heavy atom. The van der Waals surface area contributed by atoms with E-state index in [0.717, 1.165) is 19.4 Å². The third-order valence-corrected chi connectivity index (χ3v) is 2.96. The highest BCUT2D eigenvalue weighted by atomic mass is 14.9. The molecule has 0 saturated heterocycles. The smallest absolute Gasteiger partial charge is 0.0480 e. The summed E-state index contributed by atoms with van der Waals surface area (Å²) in [5, 5.41) is 1.36. The van der Waals surface area contributed by atoms with Crippen molar-refractivity contribution >= 4 is 10.9 Å². The van der Waals surface area contributed by atoms with Crippen molar-refractivity contribution in [1.82, 2.24) is 4.57 Å². The molecule has 0 fully saturated rings. The van der Waals surface area contributed by atoms with E-state index in [2.05, 4.69) is 42.9 Å². The van der Waals surface area contributed by atoms with Gasteiger partial charge in [-0.25, -0.2) is 0 Å². The first-order valence-electron chi connectivity index (χ1n) is 5.53. The Bertz CT molecular complexity index is 469. The molecule has 2 aromatic rings. The molecule has 0 atom stereocenters. The van der Waals surface area contributed by atoms with Gasteiger partial charge < -0.3 is 10.3 Å². The van der Waals surface area contributed by atoms with Crippen molar-refractivity contribution in [3.8, 4) is 0 Å². The number of aromatic nitrogens is 1. The fourth-order valence-electron chi connectivity index (χ4n) is 2.10. The van der Waals surface area contributed by atoms with E-state index >= 15 is 0 Å². The minimum atomic E-state index is 0.718. The average Bonchev–Trinajstić information content (AvgIpc) is 2.56. The zero-order valence-corrected chi connectivity index (χ0v) is 9.46. The van der Waals surface area contributed by atoms with E-state index in [-0.39, 0.29) is 0 Å². The zero-order chi connectivity index (χ0) is 10.8. The van der Waals surface area contributed by atoms with Crippen LogP contribution in [0, 0.1) is 0 Å². The lowest BCUT2D eigenvalue weighted by atomic mass is 10.1. The Morgan fingerprint density at radius 3 is 2.80 bits per heavy atom. The van der Waals surface area contributed by atoms with Crippen molar-refractivity contribution in [3.05, 3.63) is 35.5 Å². The molecule has 2 rings (SSSR count). The van der Waals surface area contributed by atoms with Crippen LogP contribution in [0.3, 0.4) is 0 Å². The number of benzene rings is 1. The number of hydrogen-bond donors (Lipinski definition) is 1. The maximum atomic E-state index is 5.62. The molecule has 0 spiro atoms. The minimum absolute atomic E-state index is 0.718. The van der Waals surface area contributed by atoms with Gasteiger partial charge in [0.05, 0.1) is 0 Å². The van der Waals surface area contributed by atoms with Gasteiger partial charge in [0.2, 0.25) is 0 Å². The highest BCUT2D eigenvalue weighted by Crippen LogP contribution is 2.22. The summed E-state index contributed by atoms with van der Waals surface area (Å²) < 4.78 is 2.18. The number of aryl methyl sites for hydroxylation is 2. The fourth-order valence-corrected chi connectivity index (χ4v) is 2.10. The first-order chi connectivity index (χ1) is 7.26. The third kappa shape index (κ3) is 1.77. The second kappa shape index (κ2) is 4.07. The topological polar surface area (TPSA) is 30.9 Å². The van der Waals surface area contributed by atoms with E-state index in [1.54, 1.807) is 0 Å². The van der Waals surface area contributed by atoms with E-state index < -0.39 is 0 Å². The summed E-state index contributed by atoms with van der Waals surface area (Å²) in [6.07, 6.45) is 4.24. The Hall–Kier alpha value is -1.28. The summed E-state index contributed by atoms with van der Waals surface area (Å²) in [6.45, 7) is 2.90. The summed E-state index contributed by atoms with van der Waals surface area (Å²) in [5.74, 6) is 0. The lowest BCUT2D eigenvalue weighted by Gasteiger charge is -2.00. The summed E-state index contributed by atoms with van der Waals surface area (Å²) in [6, 6.07) is 6.70. The predicted octanol–water partition coefficient (Wildman–Crippen LogP) is 2.24. The normalized spacial score (nSPS) is 11.1. The molecule has 0 aliphatic carbocycles. The van der Waals surface area contributed by atoms with Crippen molar-refractivity contribution in [2.45, 2.75) is 19.8 Å². The molecule has 80 valence electrons. The highest BCUT2D eigenvalue weighted by Gasteiger charge is 2.05. The van der Waals surface area contributed by atoms with Crippen LogP contribution in [-0.4, -0.2) is 11.1 Å². The molecule has 0 radical (unpaired) electrons. The number of nitrogens with zero attached hydrogens (tertiary/aromatic N) is 1. The molecule has 1 aromatic carbocycles. The molecule has 0 aliphatic rings. The van der Waals surface area contributed by atoms with E-state index in [0.29, 0.717) is 0 Å². The lowest BCUT2D eigenvalue weighted by Crippen LogP contribution is -2.01. The molecule has 15 heavy (non-hydrogen) atoms. The molecule has 1 aromatic heterocycles. The van der Waals surface area contributed by atoms with Gasteiger partial charge in [0.15, 0.2) is 0 Å². The van der Waals surface area contributed by atoms with E-state index in [1.165, 1.54) is 22.0 Å². The highest BCUT2D eigenvalue weighted by molar-refractivity contribution is 5.84. The van der Waals surface area contributed by atoms with E-state index in [4.69, 9.17) is 5.73 Å². The molecule has 2 N–H and O–H groups in total. The monoisotopic (exact) mass is 202 g/mol. The Labute approximate surface area is 90.7 Å². The zero-order valence-electron chi connectivity index (χ0n) is 9.46. The van der Waals surface area contributed by atoms with Crippen LogP contribution in [0.5, 0.6) is 0 Å². The maximum Gasteiger partial charge on any atom is 0.0480 e. The van der Waals surface area contributed by atoms with Gasteiger partial charge in [0.1, 0.15) is 0 Å². The maximum absolute atomic E-state index is 5.62. The Morgan fingerprint density at radius 1 is 1.33 bits per heavy atom. The van der Waals surface area contributed by atoms with Gasteiger partial charge in [-0.2, -0.15) is 0 Å². The molecule has 1 heterocycles. The fraction of sp³-hybridized carbons (Fsp3) is 0.385. The van der Waals surface area contributed by atoms with Crippen molar-refractivity contribution in [1.29, 1.82) is 0 Å². The Kier molecular flexibility index (Phi) is 2.78. The quantitative estimate of drug-likeness (QED) is 0.813. The molecule has 0 bridgehead atoms. The van der Waals surface area contributed by atoms with Gasteiger partial charge >= 0.3 is 0 Å². The van der Waals surface area contributed by atoms with Gasteiger partial charge in [0, 0.05) is 24.1 Å². The van der Waals surface area contributed by atoms with Crippen LogP contribution >= 0.6 is 0 Å². The van der Waals surface area contributed by atoms with E-state index in [9.17, 15) is 0 Å². The van der Waals surface area contributed by atoms with Crippen LogP contribution < -0.4 is 5.73 Å². The number of fused-ring (bicyclic) bond motifs is 1. The van der Waals surface area contributed by atoms with Gasteiger partial charge in [-0.05, 0) is 42.6 Å². The second-order valence-electron chi connectivity index (χ2n) is 4.01. The van der Waals surface area contributed by atoms with Crippen LogP contribution in [0.4, 0.5) is 0 Å². The predicted molar refractivity (Wildman–Crippen MR) is 65.1 cm³/mol. The molecule has 0 unspecified atom stereocenters. The van der Waals surface area contributed by atoms with Gasteiger partial charge in [-0.3, -0.25) is 0 Å². The number of nitrogens with two attached hydrogens (primary N) is 1. The first-order valence-corrected chi connectivity index (χ1v) is 5.53. The molecule has 0 aliphatic heterocycles. The summed E-state index contributed by atoms with van der Waals surface area (Å²) >= 11 is 0. The summed E-state index contributed by atoms with van der Waals surface area (Å²) in [4.78, 5) is 0. The van der Waals surface area contributed by atoms with Crippen LogP contribution in [-0.2, 0) is 19.9 Å². The first kappa shape index (κ1) is 10.2. The summed E-state index contributed by atoms with van der Waals surface area (Å²) in [5.41, 5.74) is 9.69. The molecule has 0 saturated carbocycles. The molecule has 2 nitrogen and oxygen atoms in total. The van der Waals surface area contributed by atoms with Crippen LogP contribution in [0.1, 0.15) is 18.1 Å². The Balaban J connectivity index is 2.60.